The van der Waals surface area contributed by atoms with Gasteiger partial charge in [0.2, 0.25) is 0 Å². The van der Waals surface area contributed by atoms with Crippen molar-refractivity contribution in [2.45, 2.75) is 20.0 Å². The number of carbonyl (C=O) groups excluding carboxylic acids is 1. The molecule has 0 amide bonds. The van der Waals surface area contributed by atoms with E-state index in [0.29, 0.717) is 0 Å². The lowest BCUT2D eigenvalue weighted by molar-refractivity contribution is -0.133. The van der Waals surface area contributed by atoms with E-state index in [1.165, 1.54) is 0 Å². The van der Waals surface area contributed by atoms with Crippen LogP contribution in [0.3, 0.4) is 0 Å². The quantitative estimate of drug-likeness (QED) is 0.596. The highest BCUT2D eigenvalue weighted by molar-refractivity contribution is 5.85. The molecule has 0 aromatic carbocycles. The number of carbonyl (C=O) groups is 1. The molecule has 0 saturated carbocycles. The minimum Gasteiger partial charge on any atom is -0.385 e. The number of ketones is 1. The van der Waals surface area contributed by atoms with Crippen molar-refractivity contribution in [1.29, 1.82) is 0 Å². The number of Topliss-reactive ketones (excluding diaryl/α,β-unsaturated/α-hetero) is 1. The molecule has 1 rings (SSSR count). The summed E-state index contributed by atoms with van der Waals surface area (Å²) in [7, 11) is 0. The van der Waals surface area contributed by atoms with Crippen LogP contribution in [0.1, 0.15) is 13.8 Å². The lowest BCUT2D eigenvalue weighted by Gasteiger charge is -2.31. The van der Waals surface area contributed by atoms with Gasteiger partial charge in [0.05, 0.1) is 0 Å². The van der Waals surface area contributed by atoms with Gasteiger partial charge in [0.25, 0.3) is 0 Å². The Morgan fingerprint density at radius 2 is 2.09 bits per heavy atom. The maximum absolute atomic E-state index is 11.2. The van der Waals surface area contributed by atoms with Crippen molar-refractivity contribution in [2.24, 2.45) is 11.8 Å². The molecule has 1 aliphatic heterocycles. The molecule has 1 fully saturated rings. The highest BCUT2D eigenvalue weighted by atomic mass is 16.3. The van der Waals surface area contributed by atoms with Gasteiger partial charge in [0, 0.05) is 24.9 Å². The summed E-state index contributed by atoms with van der Waals surface area (Å²) < 4.78 is 0. The van der Waals surface area contributed by atoms with E-state index in [-0.39, 0.29) is 17.6 Å². The first-order valence-corrected chi connectivity index (χ1v) is 4.05. The number of aliphatic hydroxyl groups excluding tert-OH is 1. The van der Waals surface area contributed by atoms with Crippen LogP contribution in [0, 0.1) is 11.8 Å². The fourth-order valence-corrected chi connectivity index (χ4v) is 1.11. The summed E-state index contributed by atoms with van der Waals surface area (Å²) in [6.45, 7) is 5.19. The summed E-state index contributed by atoms with van der Waals surface area (Å²) in [6.07, 6.45) is -0.740. The predicted molar refractivity (Wildman–Crippen MR) is 42.2 cm³/mol. The van der Waals surface area contributed by atoms with Crippen LogP contribution < -0.4 is 5.32 Å². The third-order valence-electron chi connectivity index (χ3n) is 2.12. The number of hydrogen-bond donors (Lipinski definition) is 2. The van der Waals surface area contributed by atoms with Gasteiger partial charge in [-0.15, -0.1) is 0 Å². The molecule has 11 heavy (non-hydrogen) atoms. The molecule has 3 nitrogen and oxygen atoms in total. The van der Waals surface area contributed by atoms with Crippen LogP contribution in [-0.2, 0) is 4.79 Å². The van der Waals surface area contributed by atoms with Crippen molar-refractivity contribution in [1.82, 2.24) is 5.32 Å². The second-order valence-corrected chi connectivity index (χ2v) is 3.42. The Morgan fingerprint density at radius 1 is 1.55 bits per heavy atom. The van der Waals surface area contributed by atoms with Gasteiger partial charge in [0.1, 0.15) is 6.10 Å². The number of hydrogen-bond acceptors (Lipinski definition) is 3. The van der Waals surface area contributed by atoms with Crippen LogP contribution in [0.2, 0.25) is 0 Å². The van der Waals surface area contributed by atoms with Gasteiger partial charge in [-0.1, -0.05) is 13.8 Å². The lowest BCUT2D eigenvalue weighted by atomic mass is 9.89. The summed E-state index contributed by atoms with van der Waals surface area (Å²) in [5, 5.41) is 12.4. The fourth-order valence-electron chi connectivity index (χ4n) is 1.11. The minimum atomic E-state index is -0.740. The summed E-state index contributed by atoms with van der Waals surface area (Å²) in [6, 6.07) is 0. The van der Waals surface area contributed by atoms with Gasteiger partial charge >= 0.3 is 0 Å². The molecule has 1 heterocycles. The van der Waals surface area contributed by atoms with Crippen molar-refractivity contribution in [2.75, 3.05) is 13.1 Å². The van der Waals surface area contributed by atoms with E-state index < -0.39 is 6.10 Å². The largest absolute Gasteiger partial charge is 0.385 e. The first kappa shape index (κ1) is 8.68. The molecule has 1 atom stereocenters. The molecule has 0 aliphatic carbocycles. The van der Waals surface area contributed by atoms with Crippen molar-refractivity contribution >= 4 is 5.78 Å². The molecule has 0 radical (unpaired) electrons. The van der Waals surface area contributed by atoms with E-state index in [1.54, 1.807) is 0 Å². The summed E-state index contributed by atoms with van der Waals surface area (Å²) in [5.41, 5.74) is 0. The van der Waals surface area contributed by atoms with E-state index in [0.717, 1.165) is 13.1 Å². The molecule has 0 aromatic rings. The van der Waals surface area contributed by atoms with Crippen LogP contribution in [-0.4, -0.2) is 30.1 Å². The average molecular weight is 157 g/mol. The Morgan fingerprint density at radius 3 is 2.36 bits per heavy atom. The predicted octanol–water partition coefficient (Wildman–Crippen LogP) is -0.208. The third-order valence-corrected chi connectivity index (χ3v) is 2.12. The van der Waals surface area contributed by atoms with Crippen molar-refractivity contribution in [3.8, 4) is 0 Å². The normalized spacial score (nSPS) is 21.5. The molecule has 64 valence electrons. The maximum atomic E-state index is 11.2. The number of aliphatic hydroxyl groups is 1. The number of nitrogens with one attached hydrogen (secondary N) is 1. The van der Waals surface area contributed by atoms with Gasteiger partial charge in [0.15, 0.2) is 5.78 Å². The topological polar surface area (TPSA) is 49.3 Å². The Kier molecular flexibility index (Phi) is 2.62. The first-order chi connectivity index (χ1) is 5.13. The Labute approximate surface area is 66.8 Å². The van der Waals surface area contributed by atoms with E-state index in [4.69, 9.17) is 0 Å². The van der Waals surface area contributed by atoms with Crippen LogP contribution >= 0.6 is 0 Å². The van der Waals surface area contributed by atoms with E-state index >= 15 is 0 Å². The molecular formula is C8H15NO2. The summed E-state index contributed by atoms with van der Waals surface area (Å²) in [4.78, 5) is 11.2. The molecule has 2 N–H and O–H groups in total. The van der Waals surface area contributed by atoms with Gasteiger partial charge in [-0.25, -0.2) is 0 Å². The second kappa shape index (κ2) is 3.32. The molecule has 1 saturated heterocycles. The third kappa shape index (κ3) is 1.79. The Bertz CT molecular complexity index is 152. The molecule has 0 spiro atoms. The highest BCUT2D eigenvalue weighted by Gasteiger charge is 2.31. The average Bonchev–Trinajstić information content (AvgIpc) is 1.82. The fraction of sp³-hybridized carbons (Fsp3) is 0.875. The molecule has 1 unspecified atom stereocenters. The van der Waals surface area contributed by atoms with Crippen LogP contribution in [0.5, 0.6) is 0 Å². The van der Waals surface area contributed by atoms with Crippen LogP contribution in [0.25, 0.3) is 0 Å². The van der Waals surface area contributed by atoms with Gasteiger partial charge in [-0.05, 0) is 0 Å². The highest BCUT2D eigenvalue weighted by Crippen LogP contribution is 2.13. The SMILES string of the molecule is CC(C)C(=O)C(O)C1CNC1. The Balaban J connectivity index is 2.39. The maximum Gasteiger partial charge on any atom is 0.164 e. The zero-order valence-corrected chi connectivity index (χ0v) is 7.00. The zero-order valence-electron chi connectivity index (χ0n) is 7.00. The van der Waals surface area contributed by atoms with E-state index in [9.17, 15) is 9.90 Å². The van der Waals surface area contributed by atoms with E-state index in [1.807, 2.05) is 13.8 Å². The zero-order chi connectivity index (χ0) is 8.43. The molecule has 3 heteroatoms. The molecule has 1 aliphatic rings. The van der Waals surface area contributed by atoms with Crippen molar-refractivity contribution < 1.29 is 9.90 Å². The van der Waals surface area contributed by atoms with Crippen molar-refractivity contribution in [3.63, 3.8) is 0 Å². The second-order valence-electron chi connectivity index (χ2n) is 3.42. The molecular weight excluding hydrogens is 142 g/mol. The summed E-state index contributed by atoms with van der Waals surface area (Å²) in [5.74, 6) is 0.0759. The lowest BCUT2D eigenvalue weighted by Crippen LogP contribution is -2.51. The molecule has 0 bridgehead atoms. The monoisotopic (exact) mass is 157 g/mol. The van der Waals surface area contributed by atoms with Crippen LogP contribution in [0.4, 0.5) is 0 Å². The van der Waals surface area contributed by atoms with E-state index in [2.05, 4.69) is 5.32 Å². The first-order valence-electron chi connectivity index (χ1n) is 4.05. The van der Waals surface area contributed by atoms with Gasteiger partial charge < -0.3 is 10.4 Å². The van der Waals surface area contributed by atoms with Gasteiger partial charge in [-0.3, -0.25) is 4.79 Å². The minimum absolute atomic E-state index is 0.0310. The van der Waals surface area contributed by atoms with Crippen molar-refractivity contribution in [3.05, 3.63) is 0 Å². The molecule has 0 aromatic heterocycles. The smallest absolute Gasteiger partial charge is 0.164 e. The van der Waals surface area contributed by atoms with Gasteiger partial charge in [-0.2, -0.15) is 0 Å². The Hall–Kier alpha value is -0.410. The van der Waals surface area contributed by atoms with Crippen LogP contribution in [0.15, 0.2) is 0 Å². The summed E-state index contributed by atoms with van der Waals surface area (Å²) >= 11 is 0. The standard InChI is InChI=1S/C8H15NO2/c1-5(2)7(10)8(11)6-3-9-4-6/h5-6,8-9,11H,3-4H2,1-2H3. The number of rotatable bonds is 3.